The van der Waals surface area contributed by atoms with E-state index >= 15 is 0 Å². The molecule has 0 aromatic heterocycles. The Morgan fingerprint density at radius 2 is 1.71 bits per heavy atom. The molecular formula is C17H17FN2O. The summed E-state index contributed by atoms with van der Waals surface area (Å²) in [5, 5.41) is 0. The van der Waals surface area contributed by atoms with Gasteiger partial charge in [-0.05, 0) is 30.2 Å². The molecule has 2 aromatic carbocycles. The number of β-lactam (4-membered cyclic amide) rings is 1. The molecule has 108 valence electrons. The van der Waals surface area contributed by atoms with Crippen LogP contribution in [0, 0.1) is 12.7 Å². The number of nitrogens with zero attached hydrogens (tertiary/aromatic N) is 1. The Morgan fingerprint density at radius 3 is 2.33 bits per heavy atom. The van der Waals surface area contributed by atoms with E-state index in [0.29, 0.717) is 6.54 Å². The third kappa shape index (κ3) is 2.54. The van der Waals surface area contributed by atoms with Crippen LogP contribution >= 0.6 is 0 Å². The van der Waals surface area contributed by atoms with Crippen LogP contribution in [0.15, 0.2) is 48.5 Å². The Hall–Kier alpha value is -2.20. The first-order valence-corrected chi connectivity index (χ1v) is 6.93. The SMILES string of the molecule is Cc1ccc([C@@H]2[C@@H](N)C(=O)N2Cc2ccc(F)cc2)cc1. The maximum absolute atomic E-state index is 12.9. The van der Waals surface area contributed by atoms with Gasteiger partial charge in [0, 0.05) is 6.54 Å². The van der Waals surface area contributed by atoms with Crippen LogP contribution in [-0.2, 0) is 11.3 Å². The van der Waals surface area contributed by atoms with Crippen LogP contribution in [-0.4, -0.2) is 16.8 Å². The molecule has 0 spiro atoms. The Kier molecular flexibility index (Phi) is 3.47. The van der Waals surface area contributed by atoms with Crippen LogP contribution in [0.4, 0.5) is 4.39 Å². The van der Waals surface area contributed by atoms with E-state index in [0.717, 1.165) is 11.1 Å². The molecule has 3 rings (SSSR count). The normalized spacial score (nSPS) is 21.3. The second-order valence-corrected chi connectivity index (χ2v) is 5.47. The van der Waals surface area contributed by atoms with Crippen molar-refractivity contribution in [3.63, 3.8) is 0 Å². The van der Waals surface area contributed by atoms with Crippen molar-refractivity contribution in [2.24, 2.45) is 5.73 Å². The minimum atomic E-state index is -0.492. The Bertz CT molecular complexity index is 651. The number of carbonyl (C=O) groups excluding carboxylic acids is 1. The molecule has 1 heterocycles. The zero-order valence-electron chi connectivity index (χ0n) is 11.8. The number of aryl methyl sites for hydroxylation is 1. The molecule has 1 saturated heterocycles. The summed E-state index contributed by atoms with van der Waals surface area (Å²) >= 11 is 0. The number of rotatable bonds is 3. The van der Waals surface area contributed by atoms with Gasteiger partial charge in [0.05, 0.1) is 6.04 Å². The van der Waals surface area contributed by atoms with Crippen molar-refractivity contribution < 1.29 is 9.18 Å². The highest BCUT2D eigenvalue weighted by atomic mass is 19.1. The van der Waals surface area contributed by atoms with Crippen LogP contribution in [0.2, 0.25) is 0 Å². The quantitative estimate of drug-likeness (QED) is 0.880. The van der Waals surface area contributed by atoms with Gasteiger partial charge in [0.25, 0.3) is 0 Å². The lowest BCUT2D eigenvalue weighted by Gasteiger charge is -2.45. The molecule has 21 heavy (non-hydrogen) atoms. The predicted molar refractivity (Wildman–Crippen MR) is 78.8 cm³/mol. The van der Waals surface area contributed by atoms with Crippen LogP contribution in [0.1, 0.15) is 22.7 Å². The molecule has 2 aromatic rings. The number of carbonyl (C=O) groups is 1. The topological polar surface area (TPSA) is 46.3 Å². The van der Waals surface area contributed by atoms with E-state index in [1.165, 1.54) is 17.7 Å². The van der Waals surface area contributed by atoms with Crippen LogP contribution in [0.25, 0.3) is 0 Å². The molecule has 1 aliphatic heterocycles. The molecule has 0 radical (unpaired) electrons. The molecule has 0 unspecified atom stereocenters. The van der Waals surface area contributed by atoms with Crippen LogP contribution < -0.4 is 5.73 Å². The first-order chi connectivity index (χ1) is 10.1. The van der Waals surface area contributed by atoms with Gasteiger partial charge >= 0.3 is 0 Å². The number of benzene rings is 2. The summed E-state index contributed by atoms with van der Waals surface area (Å²) < 4.78 is 12.9. The van der Waals surface area contributed by atoms with Gasteiger partial charge in [-0.15, -0.1) is 0 Å². The molecular weight excluding hydrogens is 267 g/mol. The van der Waals surface area contributed by atoms with E-state index < -0.39 is 6.04 Å². The molecule has 1 aliphatic rings. The van der Waals surface area contributed by atoms with Crippen molar-refractivity contribution in [2.75, 3.05) is 0 Å². The number of halogens is 1. The Labute approximate surface area is 123 Å². The number of hydrogen-bond acceptors (Lipinski definition) is 2. The predicted octanol–water partition coefficient (Wildman–Crippen LogP) is 2.54. The summed E-state index contributed by atoms with van der Waals surface area (Å²) in [5.74, 6) is -0.342. The first kappa shape index (κ1) is 13.8. The summed E-state index contributed by atoms with van der Waals surface area (Å²) in [4.78, 5) is 13.7. The van der Waals surface area contributed by atoms with E-state index in [-0.39, 0.29) is 17.8 Å². The first-order valence-electron chi connectivity index (χ1n) is 6.93. The van der Waals surface area contributed by atoms with E-state index in [9.17, 15) is 9.18 Å². The molecule has 0 aliphatic carbocycles. The lowest BCUT2D eigenvalue weighted by atomic mass is 9.88. The monoisotopic (exact) mass is 284 g/mol. The van der Waals surface area contributed by atoms with Crippen molar-refractivity contribution in [2.45, 2.75) is 25.6 Å². The van der Waals surface area contributed by atoms with E-state index in [1.807, 2.05) is 31.2 Å². The lowest BCUT2D eigenvalue weighted by molar-refractivity contribution is -0.150. The fraction of sp³-hybridized carbons (Fsp3) is 0.235. The third-order valence-electron chi connectivity index (χ3n) is 3.93. The number of hydrogen-bond donors (Lipinski definition) is 1. The van der Waals surface area contributed by atoms with Gasteiger partial charge < -0.3 is 10.6 Å². The fourth-order valence-corrected chi connectivity index (χ4v) is 2.69. The fourth-order valence-electron chi connectivity index (χ4n) is 2.69. The Morgan fingerprint density at radius 1 is 1.10 bits per heavy atom. The highest BCUT2D eigenvalue weighted by molar-refractivity contribution is 5.89. The van der Waals surface area contributed by atoms with Crippen molar-refractivity contribution in [3.05, 3.63) is 71.0 Å². The van der Waals surface area contributed by atoms with Crippen molar-refractivity contribution in [3.8, 4) is 0 Å². The van der Waals surface area contributed by atoms with E-state index in [2.05, 4.69) is 0 Å². The third-order valence-corrected chi connectivity index (χ3v) is 3.93. The van der Waals surface area contributed by atoms with Gasteiger partial charge in [-0.25, -0.2) is 4.39 Å². The minimum Gasteiger partial charge on any atom is -0.328 e. The van der Waals surface area contributed by atoms with Crippen molar-refractivity contribution in [1.29, 1.82) is 0 Å². The summed E-state index contributed by atoms with van der Waals surface area (Å²) in [6, 6.07) is 13.6. The number of nitrogens with two attached hydrogens (primary N) is 1. The van der Waals surface area contributed by atoms with Gasteiger partial charge in [-0.3, -0.25) is 4.79 Å². The highest BCUT2D eigenvalue weighted by Gasteiger charge is 2.45. The lowest BCUT2D eigenvalue weighted by Crippen LogP contribution is -2.62. The summed E-state index contributed by atoms with van der Waals surface area (Å²) in [7, 11) is 0. The van der Waals surface area contributed by atoms with Crippen LogP contribution in [0.5, 0.6) is 0 Å². The molecule has 1 fully saturated rings. The second kappa shape index (κ2) is 5.30. The number of amides is 1. The largest absolute Gasteiger partial charge is 0.328 e. The minimum absolute atomic E-state index is 0.0649. The van der Waals surface area contributed by atoms with Gasteiger partial charge in [-0.1, -0.05) is 42.0 Å². The summed E-state index contributed by atoms with van der Waals surface area (Å²) in [5.41, 5.74) is 9.06. The van der Waals surface area contributed by atoms with Crippen LogP contribution in [0.3, 0.4) is 0 Å². The van der Waals surface area contributed by atoms with Crippen molar-refractivity contribution >= 4 is 5.91 Å². The highest BCUT2D eigenvalue weighted by Crippen LogP contribution is 2.35. The molecule has 3 nitrogen and oxygen atoms in total. The number of likely N-dealkylation sites (tertiary alicyclic amines) is 1. The van der Waals surface area contributed by atoms with E-state index in [1.54, 1.807) is 17.0 Å². The average molecular weight is 284 g/mol. The molecule has 2 N–H and O–H groups in total. The van der Waals surface area contributed by atoms with Gasteiger partial charge in [0.2, 0.25) is 5.91 Å². The molecule has 0 saturated carbocycles. The molecule has 2 atom stereocenters. The molecule has 0 bridgehead atoms. The zero-order valence-corrected chi connectivity index (χ0v) is 11.8. The maximum Gasteiger partial charge on any atom is 0.242 e. The molecule has 4 heteroatoms. The Balaban J connectivity index is 1.81. The zero-order chi connectivity index (χ0) is 15.0. The maximum atomic E-state index is 12.9. The van der Waals surface area contributed by atoms with Crippen molar-refractivity contribution in [1.82, 2.24) is 4.90 Å². The van der Waals surface area contributed by atoms with Gasteiger partial charge in [-0.2, -0.15) is 0 Å². The van der Waals surface area contributed by atoms with Gasteiger partial charge in [0.1, 0.15) is 11.9 Å². The summed E-state index contributed by atoms with van der Waals surface area (Å²) in [6.45, 7) is 2.47. The standard InChI is InChI=1S/C17H17FN2O/c1-11-2-6-13(7-3-11)16-15(19)17(21)20(16)10-12-4-8-14(18)9-5-12/h2-9,15-16H,10,19H2,1H3/t15-,16-/m1/s1. The smallest absolute Gasteiger partial charge is 0.242 e. The molecule has 1 amide bonds. The van der Waals surface area contributed by atoms with E-state index in [4.69, 9.17) is 5.73 Å². The summed E-state index contributed by atoms with van der Waals surface area (Å²) in [6.07, 6.45) is 0. The van der Waals surface area contributed by atoms with Gasteiger partial charge in [0.15, 0.2) is 0 Å². The second-order valence-electron chi connectivity index (χ2n) is 5.47. The average Bonchev–Trinajstić information content (AvgIpc) is 2.50.